The third-order valence-electron chi connectivity index (χ3n) is 4.19. The average Bonchev–Trinajstić information content (AvgIpc) is 3.18. The van der Waals surface area contributed by atoms with Gasteiger partial charge in [0, 0.05) is 19.0 Å². The van der Waals surface area contributed by atoms with E-state index in [1.54, 1.807) is 18.4 Å². The number of amides is 2. The molecule has 124 valence electrons. The average molecular weight is 326 g/mol. The summed E-state index contributed by atoms with van der Waals surface area (Å²) in [5, 5.41) is 15.0. The Morgan fingerprint density at radius 1 is 1.55 bits per heavy atom. The lowest BCUT2D eigenvalue weighted by Crippen LogP contribution is -2.44. The van der Waals surface area contributed by atoms with Crippen molar-refractivity contribution >= 4 is 17.4 Å². The zero-order valence-corrected chi connectivity index (χ0v) is 14.1. The summed E-state index contributed by atoms with van der Waals surface area (Å²) in [6.07, 6.45) is 4.15. The Hall–Kier alpha value is -1.11. The Morgan fingerprint density at radius 2 is 2.27 bits per heavy atom. The molecule has 0 aliphatic heterocycles. The number of methoxy groups -OCH3 is 1. The molecule has 1 heterocycles. The van der Waals surface area contributed by atoms with Crippen LogP contribution in [0.4, 0.5) is 4.79 Å². The largest absolute Gasteiger partial charge is 0.389 e. The van der Waals surface area contributed by atoms with E-state index >= 15 is 0 Å². The Bertz CT molecular complexity index is 446. The van der Waals surface area contributed by atoms with Crippen LogP contribution in [0.3, 0.4) is 0 Å². The summed E-state index contributed by atoms with van der Waals surface area (Å²) in [6.45, 7) is 0.496. The van der Waals surface area contributed by atoms with Gasteiger partial charge in [-0.15, -0.1) is 11.3 Å². The number of carbonyl (C=O) groups excluding carboxylic acids is 1. The van der Waals surface area contributed by atoms with Gasteiger partial charge in [0.25, 0.3) is 0 Å². The molecular weight excluding hydrogens is 300 g/mol. The Labute approximate surface area is 136 Å². The number of nitrogens with one attached hydrogen (secondary N) is 1. The smallest absolute Gasteiger partial charge is 0.317 e. The van der Waals surface area contributed by atoms with Gasteiger partial charge >= 0.3 is 6.03 Å². The molecule has 1 saturated carbocycles. The lowest BCUT2D eigenvalue weighted by Gasteiger charge is -2.28. The Morgan fingerprint density at radius 3 is 2.86 bits per heavy atom. The molecular formula is C16H26N2O3S. The highest BCUT2D eigenvalue weighted by atomic mass is 32.1. The summed E-state index contributed by atoms with van der Waals surface area (Å²) in [5.74, 6) is 0.514. The molecule has 1 aromatic heterocycles. The number of hydrogen-bond acceptors (Lipinski definition) is 4. The molecule has 0 aromatic carbocycles. The quantitative estimate of drug-likeness (QED) is 0.810. The van der Waals surface area contributed by atoms with Crippen molar-refractivity contribution in [3.05, 3.63) is 22.4 Å². The zero-order chi connectivity index (χ0) is 15.9. The minimum atomic E-state index is -0.660. The van der Waals surface area contributed by atoms with E-state index in [4.69, 9.17) is 4.74 Å². The second kappa shape index (κ2) is 8.50. The van der Waals surface area contributed by atoms with Crippen molar-refractivity contribution in [2.45, 2.75) is 37.8 Å². The molecule has 2 N–H and O–H groups in total. The van der Waals surface area contributed by atoms with Crippen LogP contribution in [0.1, 0.15) is 36.6 Å². The number of aliphatic hydroxyl groups is 1. The molecule has 1 fully saturated rings. The van der Waals surface area contributed by atoms with E-state index in [0.717, 1.165) is 0 Å². The van der Waals surface area contributed by atoms with E-state index < -0.39 is 6.10 Å². The molecule has 0 radical (unpaired) electrons. The summed E-state index contributed by atoms with van der Waals surface area (Å²) in [6, 6.07) is 4.06. The summed E-state index contributed by atoms with van der Waals surface area (Å²) >= 11 is 1.69. The van der Waals surface area contributed by atoms with Crippen LogP contribution >= 0.6 is 11.3 Å². The second-order valence-corrected chi connectivity index (χ2v) is 6.96. The van der Waals surface area contributed by atoms with Gasteiger partial charge in [-0.25, -0.2) is 4.79 Å². The predicted octanol–water partition coefficient (Wildman–Crippen LogP) is 2.63. The van der Waals surface area contributed by atoms with Gasteiger partial charge in [-0.3, -0.25) is 0 Å². The first-order valence-electron chi connectivity index (χ1n) is 7.84. The summed E-state index contributed by atoms with van der Waals surface area (Å²) in [4.78, 5) is 15.2. The van der Waals surface area contributed by atoms with E-state index in [0.29, 0.717) is 5.92 Å². The molecule has 2 atom stereocenters. The third-order valence-corrected chi connectivity index (χ3v) is 5.15. The van der Waals surface area contributed by atoms with Crippen LogP contribution in [0.25, 0.3) is 0 Å². The van der Waals surface area contributed by atoms with Gasteiger partial charge in [-0.2, -0.15) is 0 Å². The van der Waals surface area contributed by atoms with Crippen molar-refractivity contribution in [3.63, 3.8) is 0 Å². The van der Waals surface area contributed by atoms with Crippen LogP contribution in [-0.4, -0.2) is 49.5 Å². The summed E-state index contributed by atoms with van der Waals surface area (Å²) < 4.78 is 4.90. The fraction of sp³-hybridized carbons (Fsp3) is 0.688. The van der Waals surface area contributed by atoms with E-state index in [2.05, 4.69) is 16.8 Å². The maximum Gasteiger partial charge on any atom is 0.317 e. The maximum absolute atomic E-state index is 12.4. The van der Waals surface area contributed by atoms with Gasteiger partial charge in [0.2, 0.25) is 0 Å². The van der Waals surface area contributed by atoms with Crippen molar-refractivity contribution < 1.29 is 14.6 Å². The molecule has 0 saturated heterocycles. The first-order valence-corrected chi connectivity index (χ1v) is 8.71. The molecule has 2 amide bonds. The number of thiophene rings is 1. The fourth-order valence-electron chi connectivity index (χ4n) is 3.07. The number of ether oxygens (including phenoxy) is 1. The number of nitrogens with zero attached hydrogens (tertiary/aromatic N) is 1. The molecule has 0 unspecified atom stereocenters. The number of likely N-dealkylation sites (N-methyl/N-ethyl adjacent to an activating group) is 1. The lowest BCUT2D eigenvalue weighted by atomic mass is 9.97. The van der Waals surface area contributed by atoms with Gasteiger partial charge < -0.3 is 20.1 Å². The number of rotatable bonds is 7. The van der Waals surface area contributed by atoms with Gasteiger partial charge in [-0.1, -0.05) is 18.9 Å². The molecule has 0 bridgehead atoms. The molecule has 1 aromatic rings. The minimum Gasteiger partial charge on any atom is -0.389 e. The highest BCUT2D eigenvalue weighted by Crippen LogP contribution is 2.37. The fourth-order valence-corrected chi connectivity index (χ4v) is 3.94. The van der Waals surface area contributed by atoms with Crippen molar-refractivity contribution in [2.75, 3.05) is 27.3 Å². The predicted molar refractivity (Wildman–Crippen MR) is 88.1 cm³/mol. The van der Waals surface area contributed by atoms with E-state index in [1.807, 2.05) is 6.07 Å². The first kappa shape index (κ1) is 17.2. The molecule has 6 heteroatoms. The molecule has 1 aliphatic rings. The molecule has 5 nitrogen and oxygen atoms in total. The molecule has 2 rings (SSSR count). The summed E-state index contributed by atoms with van der Waals surface area (Å²) in [5.41, 5.74) is 0. The number of aliphatic hydroxyl groups excluding tert-OH is 1. The van der Waals surface area contributed by atoms with E-state index in [1.165, 1.54) is 42.6 Å². The molecule has 1 aliphatic carbocycles. The van der Waals surface area contributed by atoms with Gasteiger partial charge in [-0.05, 0) is 30.2 Å². The normalized spacial score (nSPS) is 18.1. The SMILES string of the molecule is COC[C@@H](O)CN(C)C(=O)N[C@@H](c1cccs1)C1CCCC1. The zero-order valence-electron chi connectivity index (χ0n) is 13.3. The number of hydrogen-bond donors (Lipinski definition) is 2. The van der Waals surface area contributed by atoms with Crippen molar-refractivity contribution in [1.29, 1.82) is 0 Å². The maximum atomic E-state index is 12.4. The van der Waals surface area contributed by atoms with Gasteiger partial charge in [0.05, 0.1) is 25.3 Å². The van der Waals surface area contributed by atoms with Gasteiger partial charge in [0.15, 0.2) is 0 Å². The van der Waals surface area contributed by atoms with E-state index in [9.17, 15) is 9.90 Å². The molecule has 0 spiro atoms. The van der Waals surface area contributed by atoms with Crippen LogP contribution in [0, 0.1) is 5.92 Å². The number of carbonyl (C=O) groups is 1. The second-order valence-electron chi connectivity index (χ2n) is 5.98. The van der Waals surface area contributed by atoms with Crippen LogP contribution in [0.5, 0.6) is 0 Å². The first-order chi connectivity index (χ1) is 10.6. The Kier molecular flexibility index (Phi) is 6.67. The number of urea groups is 1. The molecule has 22 heavy (non-hydrogen) atoms. The lowest BCUT2D eigenvalue weighted by molar-refractivity contribution is 0.0485. The van der Waals surface area contributed by atoms with Crippen molar-refractivity contribution in [1.82, 2.24) is 10.2 Å². The minimum absolute atomic E-state index is 0.0806. The van der Waals surface area contributed by atoms with Crippen LogP contribution in [0.2, 0.25) is 0 Å². The van der Waals surface area contributed by atoms with Gasteiger partial charge in [0.1, 0.15) is 0 Å². The monoisotopic (exact) mass is 326 g/mol. The third kappa shape index (κ3) is 4.69. The van der Waals surface area contributed by atoms with E-state index in [-0.39, 0.29) is 25.2 Å². The van der Waals surface area contributed by atoms with Crippen LogP contribution in [-0.2, 0) is 4.74 Å². The standard InChI is InChI=1S/C16H26N2O3S/c1-18(10-13(19)11-21-2)16(20)17-15(12-6-3-4-7-12)14-8-5-9-22-14/h5,8-9,12-13,15,19H,3-4,6-7,10-11H2,1-2H3,(H,17,20)/t13-,15+/m0/s1. The van der Waals surface area contributed by atoms with Crippen LogP contribution < -0.4 is 5.32 Å². The van der Waals surface area contributed by atoms with Crippen molar-refractivity contribution in [3.8, 4) is 0 Å². The topological polar surface area (TPSA) is 61.8 Å². The highest BCUT2D eigenvalue weighted by molar-refractivity contribution is 7.10. The van der Waals surface area contributed by atoms with Crippen LogP contribution in [0.15, 0.2) is 17.5 Å². The van der Waals surface area contributed by atoms with Crippen molar-refractivity contribution in [2.24, 2.45) is 5.92 Å². The summed E-state index contributed by atoms with van der Waals surface area (Å²) in [7, 11) is 3.24. The highest BCUT2D eigenvalue weighted by Gasteiger charge is 2.29. The Balaban J connectivity index is 1.96.